The number of hydrogen-bond donors (Lipinski definition) is 3. The highest BCUT2D eigenvalue weighted by Crippen LogP contribution is 2.18. The van der Waals surface area contributed by atoms with Crippen molar-refractivity contribution in [1.82, 2.24) is 5.32 Å². The van der Waals surface area contributed by atoms with Gasteiger partial charge in [0.25, 0.3) is 5.91 Å². The Labute approximate surface area is 115 Å². The van der Waals surface area contributed by atoms with Crippen molar-refractivity contribution in [1.29, 1.82) is 5.26 Å². The summed E-state index contributed by atoms with van der Waals surface area (Å²) in [5, 5.41) is 29.4. The first-order valence-corrected chi connectivity index (χ1v) is 5.89. The maximum atomic E-state index is 11.7. The number of carbonyl (C=O) groups is 1. The SMILES string of the molecule is N#C/C(=C\c1ccccc1Cl)C(=O)NCC(O)CO. The van der Waals surface area contributed by atoms with E-state index in [9.17, 15) is 4.79 Å². The predicted octanol–water partition coefficient (Wildman–Crippen LogP) is 0.716. The van der Waals surface area contributed by atoms with Gasteiger partial charge in [-0.05, 0) is 17.7 Å². The Morgan fingerprint density at radius 1 is 1.53 bits per heavy atom. The van der Waals surface area contributed by atoms with Gasteiger partial charge in [-0.2, -0.15) is 5.26 Å². The number of benzene rings is 1. The largest absolute Gasteiger partial charge is 0.394 e. The summed E-state index contributed by atoms with van der Waals surface area (Å²) >= 11 is 5.92. The summed E-state index contributed by atoms with van der Waals surface area (Å²) < 4.78 is 0. The molecule has 1 amide bonds. The van der Waals surface area contributed by atoms with E-state index >= 15 is 0 Å². The molecule has 0 radical (unpaired) electrons. The van der Waals surface area contributed by atoms with Gasteiger partial charge < -0.3 is 15.5 Å². The summed E-state index contributed by atoms with van der Waals surface area (Å²) in [6, 6.07) is 8.57. The van der Waals surface area contributed by atoms with Crippen molar-refractivity contribution in [3.8, 4) is 6.07 Å². The van der Waals surface area contributed by atoms with Crippen LogP contribution in [0.1, 0.15) is 5.56 Å². The van der Waals surface area contributed by atoms with Crippen molar-refractivity contribution in [2.75, 3.05) is 13.2 Å². The fraction of sp³-hybridized carbons (Fsp3) is 0.231. The fourth-order valence-electron chi connectivity index (χ4n) is 1.27. The number of aliphatic hydroxyl groups excluding tert-OH is 2. The minimum atomic E-state index is -1.05. The van der Waals surface area contributed by atoms with E-state index in [1.165, 1.54) is 6.08 Å². The molecule has 100 valence electrons. The lowest BCUT2D eigenvalue weighted by Gasteiger charge is -2.08. The Morgan fingerprint density at radius 3 is 2.79 bits per heavy atom. The topological polar surface area (TPSA) is 93.4 Å². The van der Waals surface area contributed by atoms with Gasteiger partial charge >= 0.3 is 0 Å². The van der Waals surface area contributed by atoms with E-state index in [0.717, 1.165) is 0 Å². The number of aliphatic hydroxyl groups is 2. The van der Waals surface area contributed by atoms with Crippen molar-refractivity contribution in [2.45, 2.75) is 6.10 Å². The highest BCUT2D eigenvalue weighted by Gasteiger charge is 2.11. The lowest BCUT2D eigenvalue weighted by Crippen LogP contribution is -2.34. The van der Waals surface area contributed by atoms with Gasteiger partial charge in [-0.25, -0.2) is 0 Å². The van der Waals surface area contributed by atoms with Gasteiger partial charge in [-0.3, -0.25) is 4.79 Å². The average molecular weight is 281 g/mol. The first kappa shape index (κ1) is 15.2. The van der Waals surface area contributed by atoms with Crippen LogP contribution in [0.4, 0.5) is 0 Å². The number of nitrogens with one attached hydrogen (secondary N) is 1. The zero-order valence-electron chi connectivity index (χ0n) is 10.0. The van der Waals surface area contributed by atoms with Crippen LogP contribution < -0.4 is 5.32 Å². The van der Waals surface area contributed by atoms with Crippen LogP contribution in [0.2, 0.25) is 5.02 Å². The molecule has 0 saturated carbocycles. The maximum Gasteiger partial charge on any atom is 0.262 e. The van der Waals surface area contributed by atoms with E-state index in [-0.39, 0.29) is 12.1 Å². The highest BCUT2D eigenvalue weighted by molar-refractivity contribution is 6.32. The lowest BCUT2D eigenvalue weighted by molar-refractivity contribution is -0.117. The number of nitrogens with zero attached hydrogens (tertiary/aromatic N) is 1. The van der Waals surface area contributed by atoms with E-state index in [4.69, 9.17) is 27.1 Å². The molecule has 19 heavy (non-hydrogen) atoms. The molecule has 0 heterocycles. The molecule has 0 aliphatic rings. The second-order valence-corrected chi connectivity index (χ2v) is 4.14. The second kappa shape index (κ2) is 7.54. The first-order chi connectivity index (χ1) is 9.08. The Morgan fingerprint density at radius 2 is 2.21 bits per heavy atom. The van der Waals surface area contributed by atoms with Gasteiger partial charge in [0, 0.05) is 11.6 Å². The molecule has 0 fully saturated rings. The van der Waals surface area contributed by atoms with E-state index in [0.29, 0.717) is 10.6 Å². The third-order valence-electron chi connectivity index (χ3n) is 2.28. The molecule has 0 aliphatic heterocycles. The zero-order chi connectivity index (χ0) is 14.3. The number of nitriles is 1. The number of amides is 1. The van der Waals surface area contributed by atoms with E-state index < -0.39 is 18.6 Å². The third kappa shape index (κ3) is 4.72. The molecule has 0 saturated heterocycles. The van der Waals surface area contributed by atoms with Crippen molar-refractivity contribution < 1.29 is 15.0 Å². The Bertz CT molecular complexity index is 523. The summed E-state index contributed by atoms with van der Waals surface area (Å²) in [5.74, 6) is -0.630. The van der Waals surface area contributed by atoms with E-state index in [2.05, 4.69) is 5.32 Å². The number of rotatable bonds is 5. The summed E-state index contributed by atoms with van der Waals surface area (Å²) in [6.07, 6.45) is 0.312. The molecule has 6 heteroatoms. The van der Waals surface area contributed by atoms with Crippen molar-refractivity contribution in [3.05, 3.63) is 40.4 Å². The van der Waals surface area contributed by atoms with Gasteiger partial charge in [0.1, 0.15) is 11.6 Å². The highest BCUT2D eigenvalue weighted by atomic mass is 35.5. The monoisotopic (exact) mass is 280 g/mol. The quantitative estimate of drug-likeness (QED) is 0.547. The van der Waals surface area contributed by atoms with E-state index in [1.54, 1.807) is 30.3 Å². The summed E-state index contributed by atoms with van der Waals surface area (Å²) in [7, 11) is 0. The van der Waals surface area contributed by atoms with Gasteiger partial charge in [-0.15, -0.1) is 0 Å². The smallest absolute Gasteiger partial charge is 0.262 e. The van der Waals surface area contributed by atoms with Crippen LogP contribution in [0.25, 0.3) is 6.08 Å². The Kier molecular flexibility index (Phi) is 6.03. The molecular formula is C13H13ClN2O3. The molecular weight excluding hydrogens is 268 g/mol. The molecule has 1 aromatic rings. The van der Waals surface area contributed by atoms with Gasteiger partial charge in [0.15, 0.2) is 0 Å². The number of carbonyl (C=O) groups excluding carboxylic acids is 1. The molecule has 0 bridgehead atoms. The summed E-state index contributed by atoms with van der Waals surface area (Å²) in [6.45, 7) is -0.590. The zero-order valence-corrected chi connectivity index (χ0v) is 10.8. The summed E-state index contributed by atoms with van der Waals surface area (Å²) in [5.41, 5.74) is 0.428. The lowest BCUT2D eigenvalue weighted by atomic mass is 10.1. The van der Waals surface area contributed by atoms with Crippen LogP contribution in [0.15, 0.2) is 29.8 Å². The van der Waals surface area contributed by atoms with Crippen molar-refractivity contribution >= 4 is 23.6 Å². The second-order valence-electron chi connectivity index (χ2n) is 3.74. The van der Waals surface area contributed by atoms with Crippen molar-refractivity contribution in [3.63, 3.8) is 0 Å². The molecule has 0 spiro atoms. The van der Waals surface area contributed by atoms with E-state index in [1.807, 2.05) is 0 Å². The molecule has 1 unspecified atom stereocenters. The van der Waals surface area contributed by atoms with Crippen LogP contribution in [0.5, 0.6) is 0 Å². The Balaban J connectivity index is 2.81. The number of hydrogen-bond acceptors (Lipinski definition) is 4. The van der Waals surface area contributed by atoms with Gasteiger partial charge in [-0.1, -0.05) is 29.8 Å². The molecule has 0 aromatic heterocycles. The summed E-state index contributed by atoms with van der Waals surface area (Å²) in [4.78, 5) is 11.7. The Hall–Kier alpha value is -1.87. The van der Waals surface area contributed by atoms with Crippen molar-refractivity contribution in [2.24, 2.45) is 0 Å². The minimum absolute atomic E-state index is 0.127. The van der Waals surface area contributed by atoms with Gasteiger partial charge in [0.2, 0.25) is 0 Å². The predicted molar refractivity (Wildman–Crippen MR) is 71.1 cm³/mol. The average Bonchev–Trinajstić information content (AvgIpc) is 2.43. The fourth-order valence-corrected chi connectivity index (χ4v) is 1.46. The van der Waals surface area contributed by atoms with Crippen LogP contribution in [0.3, 0.4) is 0 Å². The van der Waals surface area contributed by atoms with Crippen LogP contribution >= 0.6 is 11.6 Å². The number of halogens is 1. The molecule has 1 aromatic carbocycles. The molecule has 1 rings (SSSR count). The molecule has 1 atom stereocenters. The van der Waals surface area contributed by atoms with Crippen LogP contribution in [-0.4, -0.2) is 35.4 Å². The molecule has 0 aliphatic carbocycles. The van der Waals surface area contributed by atoms with Gasteiger partial charge in [0.05, 0.1) is 12.7 Å². The minimum Gasteiger partial charge on any atom is -0.394 e. The standard InChI is InChI=1S/C13H13ClN2O3/c14-12-4-2-1-3-9(12)5-10(6-15)13(19)16-7-11(18)8-17/h1-5,11,17-18H,7-8H2,(H,16,19)/b10-5+. The third-order valence-corrected chi connectivity index (χ3v) is 2.62. The normalized spacial score (nSPS) is 12.6. The first-order valence-electron chi connectivity index (χ1n) is 5.52. The molecule has 5 nitrogen and oxygen atoms in total. The van der Waals surface area contributed by atoms with Crippen LogP contribution in [0, 0.1) is 11.3 Å². The molecule has 3 N–H and O–H groups in total. The maximum absolute atomic E-state index is 11.7. The van der Waals surface area contributed by atoms with Crippen LogP contribution in [-0.2, 0) is 4.79 Å².